The van der Waals surface area contributed by atoms with E-state index in [1.54, 1.807) is 11.3 Å². The molecule has 1 N–H and O–H groups in total. The fourth-order valence-electron chi connectivity index (χ4n) is 1.57. The van der Waals surface area contributed by atoms with Crippen molar-refractivity contribution in [2.45, 2.75) is 25.4 Å². The van der Waals surface area contributed by atoms with Crippen molar-refractivity contribution >= 4 is 11.3 Å². The molecule has 0 saturated carbocycles. The van der Waals surface area contributed by atoms with E-state index in [9.17, 15) is 5.11 Å². The Labute approximate surface area is 76.4 Å². The summed E-state index contributed by atoms with van der Waals surface area (Å²) in [6.07, 6.45) is 4.83. The van der Waals surface area contributed by atoms with Gasteiger partial charge in [-0.15, -0.1) is 0 Å². The maximum absolute atomic E-state index is 9.25. The SMILES string of the molecule is OC1C=C(Cc2ccsc2)CC1. The molecule has 1 unspecified atom stereocenters. The fourth-order valence-corrected chi connectivity index (χ4v) is 2.24. The largest absolute Gasteiger partial charge is 0.389 e. The van der Waals surface area contributed by atoms with E-state index in [4.69, 9.17) is 0 Å². The molecule has 1 aromatic rings. The lowest BCUT2D eigenvalue weighted by atomic mass is 10.1. The van der Waals surface area contributed by atoms with Crippen LogP contribution in [0.15, 0.2) is 28.5 Å². The van der Waals surface area contributed by atoms with Crippen LogP contribution in [0.2, 0.25) is 0 Å². The zero-order chi connectivity index (χ0) is 8.39. The predicted octanol–water partition coefficient (Wildman–Crippen LogP) is 2.37. The lowest BCUT2D eigenvalue weighted by Gasteiger charge is -1.96. The van der Waals surface area contributed by atoms with Crippen LogP contribution in [-0.2, 0) is 6.42 Å². The topological polar surface area (TPSA) is 20.2 Å². The van der Waals surface area contributed by atoms with Gasteiger partial charge in [0.1, 0.15) is 0 Å². The number of rotatable bonds is 2. The van der Waals surface area contributed by atoms with Crippen LogP contribution in [0.4, 0.5) is 0 Å². The van der Waals surface area contributed by atoms with E-state index < -0.39 is 0 Å². The molecule has 1 nitrogen and oxygen atoms in total. The maximum atomic E-state index is 9.25. The van der Waals surface area contributed by atoms with Crippen LogP contribution in [0.1, 0.15) is 18.4 Å². The normalized spacial score (nSPS) is 22.8. The van der Waals surface area contributed by atoms with Gasteiger partial charge in [0.25, 0.3) is 0 Å². The molecule has 1 aromatic heterocycles. The van der Waals surface area contributed by atoms with Crippen molar-refractivity contribution in [3.05, 3.63) is 34.0 Å². The minimum absolute atomic E-state index is 0.182. The highest BCUT2D eigenvalue weighted by atomic mass is 32.1. The predicted molar refractivity (Wildman–Crippen MR) is 51.3 cm³/mol. The molecule has 0 aromatic carbocycles. The van der Waals surface area contributed by atoms with Crippen molar-refractivity contribution in [3.63, 3.8) is 0 Å². The van der Waals surface area contributed by atoms with Crippen LogP contribution in [0.25, 0.3) is 0 Å². The van der Waals surface area contributed by atoms with E-state index >= 15 is 0 Å². The Kier molecular flexibility index (Phi) is 2.28. The average Bonchev–Trinajstić information content (AvgIpc) is 2.63. The molecule has 64 valence electrons. The molecule has 0 radical (unpaired) electrons. The van der Waals surface area contributed by atoms with Gasteiger partial charge in [-0.05, 0) is 41.7 Å². The van der Waals surface area contributed by atoms with Crippen LogP contribution in [0.3, 0.4) is 0 Å². The van der Waals surface area contributed by atoms with E-state index in [-0.39, 0.29) is 6.10 Å². The Balaban J connectivity index is 2.00. The molecule has 1 atom stereocenters. The quantitative estimate of drug-likeness (QED) is 0.693. The second kappa shape index (κ2) is 3.42. The van der Waals surface area contributed by atoms with Gasteiger partial charge in [0.05, 0.1) is 6.10 Å². The first-order valence-corrected chi connectivity index (χ1v) is 5.17. The van der Waals surface area contributed by atoms with Crippen molar-refractivity contribution in [2.75, 3.05) is 0 Å². The fraction of sp³-hybridized carbons (Fsp3) is 0.400. The third-order valence-corrected chi connectivity index (χ3v) is 2.93. The van der Waals surface area contributed by atoms with Crippen molar-refractivity contribution in [1.82, 2.24) is 0 Å². The average molecular weight is 180 g/mol. The zero-order valence-electron chi connectivity index (χ0n) is 6.86. The first-order chi connectivity index (χ1) is 5.84. The molecule has 0 bridgehead atoms. The Bertz CT molecular complexity index is 274. The summed E-state index contributed by atoms with van der Waals surface area (Å²) < 4.78 is 0. The number of hydrogen-bond acceptors (Lipinski definition) is 2. The second-order valence-electron chi connectivity index (χ2n) is 3.24. The molecule has 12 heavy (non-hydrogen) atoms. The third kappa shape index (κ3) is 1.76. The molecule has 0 spiro atoms. The summed E-state index contributed by atoms with van der Waals surface area (Å²) >= 11 is 1.73. The highest BCUT2D eigenvalue weighted by Gasteiger charge is 2.12. The Hall–Kier alpha value is -0.600. The zero-order valence-corrected chi connectivity index (χ0v) is 7.68. The van der Waals surface area contributed by atoms with E-state index in [1.165, 1.54) is 11.1 Å². The highest BCUT2D eigenvalue weighted by molar-refractivity contribution is 7.07. The van der Waals surface area contributed by atoms with Gasteiger partial charge in [0, 0.05) is 0 Å². The van der Waals surface area contributed by atoms with Gasteiger partial charge in [-0.3, -0.25) is 0 Å². The molecule has 1 heterocycles. The second-order valence-corrected chi connectivity index (χ2v) is 4.02. The molecule has 0 saturated heterocycles. The van der Waals surface area contributed by atoms with Gasteiger partial charge >= 0.3 is 0 Å². The minimum atomic E-state index is -0.182. The van der Waals surface area contributed by atoms with Crippen LogP contribution >= 0.6 is 11.3 Å². The summed E-state index contributed by atoms with van der Waals surface area (Å²) in [5, 5.41) is 13.5. The smallest absolute Gasteiger partial charge is 0.0726 e. The third-order valence-electron chi connectivity index (χ3n) is 2.20. The summed E-state index contributed by atoms with van der Waals surface area (Å²) in [6, 6.07) is 2.15. The van der Waals surface area contributed by atoms with Crippen LogP contribution in [0.5, 0.6) is 0 Å². The molecule has 0 aliphatic heterocycles. The van der Waals surface area contributed by atoms with E-state index in [0.717, 1.165) is 19.3 Å². The summed E-state index contributed by atoms with van der Waals surface area (Å²) in [7, 11) is 0. The number of aliphatic hydroxyl groups is 1. The number of thiophene rings is 1. The Morgan fingerprint density at radius 1 is 1.58 bits per heavy atom. The maximum Gasteiger partial charge on any atom is 0.0726 e. The van der Waals surface area contributed by atoms with Gasteiger partial charge in [-0.25, -0.2) is 0 Å². The standard InChI is InChI=1S/C10H12OS/c11-10-2-1-8(6-10)5-9-3-4-12-7-9/h3-4,6-7,10-11H,1-2,5H2. The van der Waals surface area contributed by atoms with Crippen molar-refractivity contribution in [3.8, 4) is 0 Å². The highest BCUT2D eigenvalue weighted by Crippen LogP contribution is 2.22. The van der Waals surface area contributed by atoms with Gasteiger partial charge in [0.15, 0.2) is 0 Å². The lowest BCUT2D eigenvalue weighted by molar-refractivity contribution is 0.223. The molecular formula is C10H12OS. The summed E-state index contributed by atoms with van der Waals surface area (Å²) in [5.74, 6) is 0. The molecule has 1 aliphatic rings. The van der Waals surface area contributed by atoms with Gasteiger partial charge in [-0.1, -0.05) is 11.6 Å². The summed E-state index contributed by atoms with van der Waals surface area (Å²) in [5.41, 5.74) is 2.77. The Morgan fingerprint density at radius 2 is 2.50 bits per heavy atom. The van der Waals surface area contributed by atoms with Crippen molar-refractivity contribution in [2.24, 2.45) is 0 Å². The van der Waals surface area contributed by atoms with Gasteiger partial charge in [0.2, 0.25) is 0 Å². The molecule has 1 aliphatic carbocycles. The van der Waals surface area contributed by atoms with Crippen LogP contribution in [-0.4, -0.2) is 11.2 Å². The van der Waals surface area contributed by atoms with Crippen LogP contribution < -0.4 is 0 Å². The molecule has 0 amide bonds. The van der Waals surface area contributed by atoms with E-state index in [2.05, 4.69) is 16.8 Å². The molecular weight excluding hydrogens is 168 g/mol. The van der Waals surface area contributed by atoms with Gasteiger partial charge in [-0.2, -0.15) is 11.3 Å². The molecule has 2 heteroatoms. The molecule has 2 rings (SSSR count). The van der Waals surface area contributed by atoms with Crippen molar-refractivity contribution in [1.29, 1.82) is 0 Å². The van der Waals surface area contributed by atoms with E-state index in [1.807, 2.05) is 6.08 Å². The first kappa shape index (κ1) is 8.02. The molecule has 0 fully saturated rings. The first-order valence-electron chi connectivity index (χ1n) is 4.23. The monoisotopic (exact) mass is 180 g/mol. The number of allylic oxidation sites excluding steroid dienone is 1. The summed E-state index contributed by atoms with van der Waals surface area (Å²) in [6.45, 7) is 0. The van der Waals surface area contributed by atoms with Crippen LogP contribution in [0, 0.1) is 0 Å². The van der Waals surface area contributed by atoms with E-state index in [0.29, 0.717) is 0 Å². The summed E-state index contributed by atoms with van der Waals surface area (Å²) in [4.78, 5) is 0. The number of hydrogen-bond donors (Lipinski definition) is 1. The van der Waals surface area contributed by atoms with Crippen molar-refractivity contribution < 1.29 is 5.11 Å². The minimum Gasteiger partial charge on any atom is -0.389 e. The Morgan fingerprint density at radius 3 is 3.08 bits per heavy atom. The van der Waals surface area contributed by atoms with Gasteiger partial charge < -0.3 is 5.11 Å². The lowest BCUT2D eigenvalue weighted by Crippen LogP contribution is -1.93. The number of aliphatic hydroxyl groups excluding tert-OH is 1.